The maximum Gasteiger partial charge on any atom is 0.435 e. The van der Waals surface area contributed by atoms with Gasteiger partial charge in [-0.2, -0.15) is 36.5 Å². The largest absolute Gasteiger partial charge is 0.435 e. The third kappa shape index (κ3) is 6.21. The number of nitrogens with zero attached hydrogens (tertiary/aromatic N) is 4. The lowest BCUT2D eigenvalue weighted by molar-refractivity contribution is -0.182. The van der Waals surface area contributed by atoms with Gasteiger partial charge in [0.2, 0.25) is 5.91 Å². The molecule has 1 aliphatic carbocycles. The van der Waals surface area contributed by atoms with Crippen molar-refractivity contribution in [3.05, 3.63) is 29.8 Å². The van der Waals surface area contributed by atoms with E-state index in [-0.39, 0.29) is 24.6 Å². The SMILES string of the molecule is O=C(CCn1nc(C(F)(F)F)cc1C1CC1)Nc1cnn(COCC(F)(F)F)c1. The molecule has 3 rings (SSSR count). The Labute approximate surface area is 160 Å². The van der Waals surface area contributed by atoms with Crippen molar-refractivity contribution in [1.29, 1.82) is 0 Å². The van der Waals surface area contributed by atoms with Crippen LogP contribution < -0.4 is 5.32 Å². The van der Waals surface area contributed by atoms with Crippen LogP contribution in [0.2, 0.25) is 0 Å². The van der Waals surface area contributed by atoms with Gasteiger partial charge < -0.3 is 10.1 Å². The molecule has 1 aliphatic rings. The summed E-state index contributed by atoms with van der Waals surface area (Å²) in [5.41, 5.74) is -0.302. The van der Waals surface area contributed by atoms with Gasteiger partial charge in [0.25, 0.3) is 0 Å². The molecule has 1 amide bonds. The van der Waals surface area contributed by atoms with Gasteiger partial charge in [-0.1, -0.05) is 0 Å². The van der Waals surface area contributed by atoms with E-state index in [1.54, 1.807) is 0 Å². The second kappa shape index (κ2) is 8.05. The lowest BCUT2D eigenvalue weighted by atomic mass is 10.2. The van der Waals surface area contributed by atoms with Crippen LogP contribution in [0.15, 0.2) is 18.5 Å². The normalized spacial score (nSPS) is 15.0. The first-order valence-corrected chi connectivity index (χ1v) is 8.63. The minimum atomic E-state index is -4.56. The van der Waals surface area contributed by atoms with Gasteiger partial charge in [-0.15, -0.1) is 0 Å². The molecule has 2 aromatic heterocycles. The maximum absolute atomic E-state index is 12.9. The monoisotopic (exact) mass is 425 g/mol. The summed E-state index contributed by atoms with van der Waals surface area (Å²) in [4.78, 5) is 12.0. The zero-order chi connectivity index (χ0) is 21.2. The van der Waals surface area contributed by atoms with E-state index < -0.39 is 37.3 Å². The molecular weight excluding hydrogens is 408 g/mol. The number of aromatic nitrogens is 4. The van der Waals surface area contributed by atoms with Crippen LogP contribution in [-0.4, -0.2) is 38.3 Å². The molecule has 29 heavy (non-hydrogen) atoms. The van der Waals surface area contributed by atoms with Crippen LogP contribution in [0.4, 0.5) is 32.0 Å². The van der Waals surface area contributed by atoms with Crippen LogP contribution in [0.1, 0.15) is 36.6 Å². The van der Waals surface area contributed by atoms with Gasteiger partial charge in [-0.3, -0.25) is 9.48 Å². The summed E-state index contributed by atoms with van der Waals surface area (Å²) in [6, 6.07) is 1.01. The molecule has 1 saturated carbocycles. The second-order valence-corrected chi connectivity index (χ2v) is 6.61. The average Bonchev–Trinajstić information content (AvgIpc) is 3.18. The molecule has 0 atom stereocenters. The van der Waals surface area contributed by atoms with Gasteiger partial charge in [0.15, 0.2) is 5.69 Å². The first kappa shape index (κ1) is 21.1. The summed E-state index contributed by atoms with van der Waals surface area (Å²) < 4.78 is 81.4. The molecule has 7 nitrogen and oxygen atoms in total. The van der Waals surface area contributed by atoms with Gasteiger partial charge in [-0.25, -0.2) is 4.68 Å². The smallest absolute Gasteiger partial charge is 0.350 e. The molecule has 0 spiro atoms. The molecule has 1 N–H and O–H groups in total. The zero-order valence-electron chi connectivity index (χ0n) is 14.9. The highest BCUT2D eigenvalue weighted by Gasteiger charge is 2.37. The maximum atomic E-state index is 12.9. The molecule has 0 unspecified atom stereocenters. The van der Waals surface area contributed by atoms with Crippen LogP contribution in [-0.2, 0) is 29.0 Å². The van der Waals surface area contributed by atoms with E-state index in [1.807, 2.05) is 0 Å². The van der Waals surface area contributed by atoms with Crippen molar-refractivity contribution in [3.63, 3.8) is 0 Å². The number of carbonyl (C=O) groups is 1. The minimum absolute atomic E-state index is 0.0246. The summed E-state index contributed by atoms with van der Waals surface area (Å²) >= 11 is 0. The number of anilines is 1. The van der Waals surface area contributed by atoms with Crippen LogP contribution in [0.5, 0.6) is 0 Å². The summed E-state index contributed by atoms with van der Waals surface area (Å²) in [5.74, 6) is -0.469. The second-order valence-electron chi connectivity index (χ2n) is 6.61. The molecule has 1 fully saturated rings. The van der Waals surface area contributed by atoms with Crippen molar-refractivity contribution in [1.82, 2.24) is 19.6 Å². The minimum Gasteiger partial charge on any atom is -0.350 e. The predicted molar refractivity (Wildman–Crippen MR) is 86.7 cm³/mol. The van der Waals surface area contributed by atoms with Crippen molar-refractivity contribution < 1.29 is 35.9 Å². The first-order valence-electron chi connectivity index (χ1n) is 8.63. The van der Waals surface area contributed by atoms with Crippen molar-refractivity contribution in [2.24, 2.45) is 0 Å². The molecule has 2 heterocycles. The van der Waals surface area contributed by atoms with Gasteiger partial charge >= 0.3 is 12.4 Å². The zero-order valence-corrected chi connectivity index (χ0v) is 14.9. The Bertz CT molecular complexity index is 853. The van der Waals surface area contributed by atoms with E-state index in [0.29, 0.717) is 5.69 Å². The molecular formula is C16H17F6N5O2. The molecule has 0 radical (unpaired) electrons. The highest BCUT2D eigenvalue weighted by atomic mass is 19.4. The van der Waals surface area contributed by atoms with Crippen LogP contribution in [0, 0.1) is 0 Å². The molecule has 13 heteroatoms. The Morgan fingerprint density at radius 1 is 1.24 bits per heavy atom. The van der Waals surface area contributed by atoms with E-state index >= 15 is 0 Å². The third-order valence-electron chi connectivity index (χ3n) is 4.05. The van der Waals surface area contributed by atoms with Crippen molar-refractivity contribution in [3.8, 4) is 0 Å². The molecule has 0 saturated heterocycles. The Balaban J connectivity index is 1.51. The van der Waals surface area contributed by atoms with Crippen molar-refractivity contribution in [2.45, 2.75) is 50.8 Å². The number of ether oxygens (including phenoxy) is 1. The van der Waals surface area contributed by atoms with E-state index in [9.17, 15) is 31.1 Å². The Kier molecular flexibility index (Phi) is 5.87. The predicted octanol–water partition coefficient (Wildman–Crippen LogP) is 3.54. The lowest BCUT2D eigenvalue weighted by Crippen LogP contribution is -2.18. The molecule has 0 bridgehead atoms. The van der Waals surface area contributed by atoms with Crippen LogP contribution in [0.3, 0.4) is 0 Å². The van der Waals surface area contributed by atoms with Gasteiger partial charge in [-0.05, 0) is 18.9 Å². The van der Waals surface area contributed by atoms with E-state index in [0.717, 1.165) is 23.6 Å². The van der Waals surface area contributed by atoms with E-state index in [4.69, 9.17) is 0 Å². The Hall–Kier alpha value is -2.57. The van der Waals surface area contributed by atoms with Crippen LogP contribution >= 0.6 is 0 Å². The fourth-order valence-electron chi connectivity index (χ4n) is 2.64. The number of aryl methyl sites for hydroxylation is 1. The molecule has 2 aromatic rings. The number of rotatable bonds is 8. The lowest BCUT2D eigenvalue weighted by Gasteiger charge is -2.07. The van der Waals surface area contributed by atoms with Gasteiger partial charge in [0.1, 0.15) is 13.3 Å². The van der Waals surface area contributed by atoms with Crippen LogP contribution in [0.25, 0.3) is 0 Å². The standard InChI is InChI=1S/C16H17F6N5O2/c17-15(18,19)8-29-9-26-7-11(6-23-26)24-14(28)3-4-27-12(10-1-2-10)5-13(25-27)16(20,21)22/h5-7,10H,1-4,8-9H2,(H,24,28). The number of hydrogen-bond acceptors (Lipinski definition) is 4. The average molecular weight is 425 g/mol. The van der Waals surface area contributed by atoms with E-state index in [1.165, 1.54) is 17.1 Å². The third-order valence-corrected chi connectivity index (χ3v) is 4.05. The number of alkyl halides is 6. The number of amides is 1. The van der Waals surface area contributed by atoms with E-state index in [2.05, 4.69) is 20.3 Å². The number of carbonyl (C=O) groups excluding carboxylic acids is 1. The number of halogens is 6. The Morgan fingerprint density at radius 2 is 1.97 bits per heavy atom. The molecule has 160 valence electrons. The quantitative estimate of drug-likeness (QED) is 0.657. The molecule has 0 aromatic carbocycles. The highest BCUT2D eigenvalue weighted by molar-refractivity contribution is 5.90. The highest BCUT2D eigenvalue weighted by Crippen LogP contribution is 2.42. The van der Waals surface area contributed by atoms with Gasteiger partial charge in [0, 0.05) is 24.6 Å². The van der Waals surface area contributed by atoms with Gasteiger partial charge in [0.05, 0.1) is 18.1 Å². The topological polar surface area (TPSA) is 74.0 Å². The molecule has 0 aliphatic heterocycles. The first-order chi connectivity index (χ1) is 13.5. The summed E-state index contributed by atoms with van der Waals surface area (Å²) in [6.07, 6.45) is -5.08. The summed E-state index contributed by atoms with van der Waals surface area (Å²) in [5, 5.41) is 9.79. The van der Waals surface area contributed by atoms with Crippen molar-refractivity contribution in [2.75, 3.05) is 11.9 Å². The summed E-state index contributed by atoms with van der Waals surface area (Å²) in [6.45, 7) is -1.91. The summed E-state index contributed by atoms with van der Waals surface area (Å²) in [7, 11) is 0. The fourth-order valence-corrected chi connectivity index (χ4v) is 2.64. The number of nitrogens with one attached hydrogen (secondary N) is 1. The fraction of sp³-hybridized carbons (Fsp3) is 0.562. The van der Waals surface area contributed by atoms with Crippen molar-refractivity contribution >= 4 is 11.6 Å². The number of hydrogen-bond donors (Lipinski definition) is 1. The Morgan fingerprint density at radius 3 is 2.59 bits per heavy atom.